The van der Waals surface area contributed by atoms with Crippen LogP contribution in [0.1, 0.15) is 62.7 Å². The number of nitrogens with one attached hydrogen (secondary N) is 1. The fraction of sp³-hybridized carbons (Fsp3) is 0.500. The number of rotatable bonds is 4. The summed E-state index contributed by atoms with van der Waals surface area (Å²) >= 11 is 0. The van der Waals surface area contributed by atoms with E-state index in [0.717, 1.165) is 11.6 Å². The summed E-state index contributed by atoms with van der Waals surface area (Å²) in [5.41, 5.74) is 3.61. The molecule has 112 valence electrons. The summed E-state index contributed by atoms with van der Waals surface area (Å²) < 4.78 is 2.35. The minimum absolute atomic E-state index is 0.504. The van der Waals surface area contributed by atoms with Gasteiger partial charge in [-0.25, -0.2) is 4.98 Å². The Hall–Kier alpha value is -1.77. The van der Waals surface area contributed by atoms with Crippen molar-refractivity contribution in [3.05, 3.63) is 41.7 Å². The Morgan fingerprint density at radius 3 is 2.62 bits per heavy atom. The molecule has 0 unspecified atom stereocenters. The molecule has 2 aromatic rings. The number of imidazole rings is 1. The molecule has 21 heavy (non-hydrogen) atoms. The molecular weight excluding hydrogens is 258 g/mol. The third-order valence-electron chi connectivity index (χ3n) is 4.40. The van der Waals surface area contributed by atoms with Gasteiger partial charge >= 0.3 is 0 Å². The Labute approximate surface area is 127 Å². The highest BCUT2D eigenvalue weighted by atomic mass is 15.2. The highest BCUT2D eigenvalue weighted by Crippen LogP contribution is 2.34. The van der Waals surface area contributed by atoms with Gasteiger partial charge in [-0.1, -0.05) is 44.9 Å². The maximum Gasteiger partial charge on any atom is 0.207 e. The van der Waals surface area contributed by atoms with Gasteiger partial charge in [0.2, 0.25) is 5.95 Å². The predicted molar refractivity (Wildman–Crippen MR) is 88.3 cm³/mol. The van der Waals surface area contributed by atoms with Crippen LogP contribution < -0.4 is 5.32 Å². The summed E-state index contributed by atoms with van der Waals surface area (Å²) in [6.07, 6.45) is 7.41. The van der Waals surface area contributed by atoms with Crippen molar-refractivity contribution in [3.63, 3.8) is 0 Å². The van der Waals surface area contributed by atoms with Crippen LogP contribution in [0.3, 0.4) is 0 Å². The van der Waals surface area contributed by atoms with E-state index in [1.165, 1.54) is 36.9 Å². The SMILES string of the molecule is Cc1cn(C2CCCC2)c(Nc2ccccc2C(C)C)n1. The van der Waals surface area contributed by atoms with E-state index in [-0.39, 0.29) is 0 Å². The van der Waals surface area contributed by atoms with Gasteiger partial charge in [-0.3, -0.25) is 0 Å². The molecule has 0 saturated heterocycles. The Kier molecular flexibility index (Phi) is 4.00. The first-order chi connectivity index (χ1) is 10.1. The molecule has 1 heterocycles. The molecule has 1 fully saturated rings. The van der Waals surface area contributed by atoms with Crippen molar-refractivity contribution in [2.75, 3.05) is 5.32 Å². The second kappa shape index (κ2) is 5.92. The number of aryl methyl sites for hydroxylation is 1. The highest BCUT2D eigenvalue weighted by Gasteiger charge is 2.20. The summed E-state index contributed by atoms with van der Waals surface area (Å²) in [6, 6.07) is 9.15. The van der Waals surface area contributed by atoms with Gasteiger partial charge in [0, 0.05) is 17.9 Å². The van der Waals surface area contributed by atoms with Crippen molar-refractivity contribution >= 4 is 11.6 Å². The Balaban J connectivity index is 1.91. The molecule has 0 atom stereocenters. The van der Waals surface area contributed by atoms with Crippen LogP contribution in [0, 0.1) is 6.92 Å². The van der Waals surface area contributed by atoms with Crippen LogP contribution in [0.2, 0.25) is 0 Å². The quantitative estimate of drug-likeness (QED) is 0.838. The summed E-state index contributed by atoms with van der Waals surface area (Å²) in [4.78, 5) is 4.70. The van der Waals surface area contributed by atoms with Gasteiger partial charge in [0.25, 0.3) is 0 Å². The minimum Gasteiger partial charge on any atom is -0.325 e. The Morgan fingerprint density at radius 2 is 1.90 bits per heavy atom. The number of benzene rings is 1. The average Bonchev–Trinajstić information content (AvgIpc) is 3.08. The van der Waals surface area contributed by atoms with E-state index in [0.29, 0.717) is 12.0 Å². The van der Waals surface area contributed by atoms with Crippen molar-refractivity contribution in [1.29, 1.82) is 0 Å². The molecule has 3 rings (SSSR count). The summed E-state index contributed by atoms with van der Waals surface area (Å²) in [6.45, 7) is 6.54. The number of para-hydroxylation sites is 1. The number of hydrogen-bond donors (Lipinski definition) is 1. The molecule has 1 aliphatic carbocycles. The molecule has 3 heteroatoms. The van der Waals surface area contributed by atoms with Crippen molar-refractivity contribution in [3.8, 4) is 0 Å². The van der Waals surface area contributed by atoms with E-state index in [9.17, 15) is 0 Å². The molecule has 3 nitrogen and oxygen atoms in total. The van der Waals surface area contributed by atoms with Crippen LogP contribution in [0.5, 0.6) is 0 Å². The molecule has 1 aromatic heterocycles. The van der Waals surface area contributed by atoms with Gasteiger partial charge in [-0.15, -0.1) is 0 Å². The normalized spacial score (nSPS) is 15.8. The number of hydrogen-bond acceptors (Lipinski definition) is 2. The van der Waals surface area contributed by atoms with Gasteiger partial charge in [0.05, 0.1) is 5.69 Å². The molecule has 0 bridgehead atoms. The lowest BCUT2D eigenvalue weighted by Gasteiger charge is -2.18. The van der Waals surface area contributed by atoms with E-state index >= 15 is 0 Å². The van der Waals surface area contributed by atoms with Crippen molar-refractivity contribution in [2.45, 2.75) is 58.4 Å². The van der Waals surface area contributed by atoms with Crippen LogP contribution in [-0.2, 0) is 0 Å². The Bertz CT molecular complexity index is 607. The number of anilines is 2. The zero-order valence-electron chi connectivity index (χ0n) is 13.3. The zero-order valence-corrected chi connectivity index (χ0v) is 13.3. The molecule has 1 saturated carbocycles. The first kappa shape index (κ1) is 14.2. The second-order valence-corrected chi connectivity index (χ2v) is 6.42. The lowest BCUT2D eigenvalue weighted by Crippen LogP contribution is -2.09. The molecule has 0 radical (unpaired) electrons. The van der Waals surface area contributed by atoms with Gasteiger partial charge in [-0.2, -0.15) is 0 Å². The van der Waals surface area contributed by atoms with E-state index in [2.05, 4.69) is 61.1 Å². The number of aromatic nitrogens is 2. The molecular formula is C18H25N3. The molecule has 1 aliphatic rings. The van der Waals surface area contributed by atoms with Crippen LogP contribution in [0.25, 0.3) is 0 Å². The van der Waals surface area contributed by atoms with Crippen molar-refractivity contribution < 1.29 is 0 Å². The third-order valence-corrected chi connectivity index (χ3v) is 4.40. The molecule has 1 N–H and O–H groups in total. The monoisotopic (exact) mass is 283 g/mol. The van der Waals surface area contributed by atoms with E-state index < -0.39 is 0 Å². The first-order valence-corrected chi connectivity index (χ1v) is 8.06. The van der Waals surface area contributed by atoms with E-state index in [1.54, 1.807) is 0 Å². The van der Waals surface area contributed by atoms with Gasteiger partial charge in [0.15, 0.2) is 0 Å². The van der Waals surface area contributed by atoms with Crippen LogP contribution in [0.15, 0.2) is 30.5 Å². The summed E-state index contributed by atoms with van der Waals surface area (Å²) in [5.74, 6) is 1.50. The highest BCUT2D eigenvalue weighted by molar-refractivity contribution is 5.60. The van der Waals surface area contributed by atoms with Crippen LogP contribution >= 0.6 is 0 Å². The first-order valence-electron chi connectivity index (χ1n) is 8.06. The van der Waals surface area contributed by atoms with Crippen molar-refractivity contribution in [1.82, 2.24) is 9.55 Å². The van der Waals surface area contributed by atoms with Gasteiger partial charge in [0.1, 0.15) is 0 Å². The number of nitrogens with zero attached hydrogens (tertiary/aromatic N) is 2. The van der Waals surface area contributed by atoms with E-state index in [4.69, 9.17) is 4.98 Å². The largest absolute Gasteiger partial charge is 0.325 e. The average molecular weight is 283 g/mol. The topological polar surface area (TPSA) is 29.9 Å². The van der Waals surface area contributed by atoms with Crippen LogP contribution in [-0.4, -0.2) is 9.55 Å². The summed E-state index contributed by atoms with van der Waals surface area (Å²) in [5, 5.41) is 3.57. The molecule has 1 aromatic carbocycles. The molecule has 0 spiro atoms. The molecule has 0 aliphatic heterocycles. The maximum absolute atomic E-state index is 4.70. The third kappa shape index (κ3) is 2.97. The molecule has 0 amide bonds. The van der Waals surface area contributed by atoms with Crippen LogP contribution in [0.4, 0.5) is 11.6 Å². The lowest BCUT2D eigenvalue weighted by molar-refractivity contribution is 0.524. The Morgan fingerprint density at radius 1 is 1.19 bits per heavy atom. The van der Waals surface area contributed by atoms with E-state index in [1.807, 2.05) is 0 Å². The smallest absolute Gasteiger partial charge is 0.207 e. The standard InChI is InChI=1S/C18H25N3/c1-13(2)16-10-6-7-11-17(16)20-18-19-14(3)12-21(18)15-8-4-5-9-15/h6-7,10-13,15H,4-5,8-9H2,1-3H3,(H,19,20). The lowest BCUT2D eigenvalue weighted by atomic mass is 10.0. The van der Waals surface area contributed by atoms with Gasteiger partial charge < -0.3 is 9.88 Å². The minimum atomic E-state index is 0.504. The maximum atomic E-state index is 4.70. The zero-order chi connectivity index (χ0) is 14.8. The summed E-state index contributed by atoms with van der Waals surface area (Å²) in [7, 11) is 0. The fourth-order valence-electron chi connectivity index (χ4n) is 3.30. The second-order valence-electron chi connectivity index (χ2n) is 6.42. The van der Waals surface area contributed by atoms with Crippen molar-refractivity contribution in [2.24, 2.45) is 0 Å². The fourth-order valence-corrected chi connectivity index (χ4v) is 3.30. The van der Waals surface area contributed by atoms with Gasteiger partial charge in [-0.05, 0) is 37.3 Å². The predicted octanol–water partition coefficient (Wildman–Crippen LogP) is 5.17.